The second-order valence-corrected chi connectivity index (χ2v) is 6.47. The molecule has 0 aliphatic rings. The number of carbonyl (C=O) groups is 1. The molecular formula is C23H28O6. The van der Waals surface area contributed by atoms with Crippen LogP contribution in [0.4, 0.5) is 0 Å². The van der Waals surface area contributed by atoms with Crippen molar-refractivity contribution in [3.8, 4) is 28.7 Å². The van der Waals surface area contributed by atoms with Crippen molar-refractivity contribution in [2.75, 3.05) is 20.3 Å². The number of hydrogen-bond donors (Lipinski definition) is 1. The van der Waals surface area contributed by atoms with Crippen molar-refractivity contribution in [2.24, 2.45) is 0 Å². The molecule has 0 radical (unpaired) electrons. The van der Waals surface area contributed by atoms with Crippen LogP contribution in [0.5, 0.6) is 28.7 Å². The molecule has 0 amide bonds. The molecule has 2 aromatic carbocycles. The number of phenolic OH excluding ortho intramolecular Hbond substituents is 1. The number of benzene rings is 2. The van der Waals surface area contributed by atoms with Crippen LogP contribution in [-0.2, 0) is 4.79 Å². The van der Waals surface area contributed by atoms with E-state index in [4.69, 9.17) is 18.9 Å². The fourth-order valence-electron chi connectivity index (χ4n) is 2.78. The lowest BCUT2D eigenvalue weighted by molar-refractivity contribution is -0.120. The van der Waals surface area contributed by atoms with Gasteiger partial charge in [0.25, 0.3) is 6.47 Å². The van der Waals surface area contributed by atoms with Crippen LogP contribution in [0.15, 0.2) is 36.9 Å². The molecule has 0 bridgehead atoms. The Kier molecular flexibility index (Phi) is 8.40. The maximum absolute atomic E-state index is 10.4. The Morgan fingerprint density at radius 3 is 2.34 bits per heavy atom. The van der Waals surface area contributed by atoms with Gasteiger partial charge in [0.05, 0.1) is 20.3 Å². The monoisotopic (exact) mass is 400 g/mol. The van der Waals surface area contributed by atoms with E-state index in [0.717, 1.165) is 36.0 Å². The van der Waals surface area contributed by atoms with Gasteiger partial charge in [0.1, 0.15) is 17.2 Å². The number of phenols is 1. The second-order valence-electron chi connectivity index (χ2n) is 6.47. The molecule has 0 fully saturated rings. The Balaban J connectivity index is 1.80. The van der Waals surface area contributed by atoms with Gasteiger partial charge in [-0.15, -0.1) is 0 Å². The Morgan fingerprint density at radius 1 is 1.07 bits per heavy atom. The van der Waals surface area contributed by atoms with Crippen LogP contribution >= 0.6 is 0 Å². The van der Waals surface area contributed by atoms with Crippen LogP contribution in [-0.4, -0.2) is 31.9 Å². The molecule has 0 spiro atoms. The summed E-state index contributed by atoms with van der Waals surface area (Å²) in [5, 5.41) is 10.3. The van der Waals surface area contributed by atoms with Gasteiger partial charge in [0.2, 0.25) is 0 Å². The third-order valence-electron chi connectivity index (χ3n) is 4.56. The lowest BCUT2D eigenvalue weighted by Gasteiger charge is -2.14. The topological polar surface area (TPSA) is 74.2 Å². The highest BCUT2D eigenvalue weighted by molar-refractivity contribution is 5.71. The summed E-state index contributed by atoms with van der Waals surface area (Å²) in [4.78, 5) is 10.4. The molecule has 0 saturated carbocycles. The van der Waals surface area contributed by atoms with E-state index in [-0.39, 0.29) is 5.75 Å². The van der Waals surface area contributed by atoms with Crippen molar-refractivity contribution in [1.82, 2.24) is 0 Å². The van der Waals surface area contributed by atoms with E-state index in [1.807, 2.05) is 26.0 Å². The largest absolute Gasteiger partial charge is 0.507 e. The zero-order chi connectivity index (χ0) is 21.2. The van der Waals surface area contributed by atoms with Gasteiger partial charge in [-0.1, -0.05) is 13.5 Å². The summed E-state index contributed by atoms with van der Waals surface area (Å²) >= 11 is 0. The Morgan fingerprint density at radius 2 is 1.72 bits per heavy atom. The highest BCUT2D eigenvalue weighted by atomic mass is 16.5. The summed E-state index contributed by atoms with van der Waals surface area (Å²) in [6.45, 7) is 9.19. The minimum atomic E-state index is 0.229. The Hall–Kier alpha value is -3.15. The molecule has 0 atom stereocenters. The van der Waals surface area contributed by atoms with Gasteiger partial charge in [-0.3, -0.25) is 4.79 Å². The van der Waals surface area contributed by atoms with Crippen molar-refractivity contribution in [3.63, 3.8) is 0 Å². The first-order valence-corrected chi connectivity index (χ1v) is 9.56. The smallest absolute Gasteiger partial charge is 0.298 e. The summed E-state index contributed by atoms with van der Waals surface area (Å²) in [6.07, 6.45) is 2.36. The number of hydrogen-bond acceptors (Lipinski definition) is 6. The van der Waals surface area contributed by atoms with Gasteiger partial charge < -0.3 is 24.1 Å². The Bertz CT molecular complexity index is 844. The van der Waals surface area contributed by atoms with Crippen LogP contribution in [0, 0.1) is 6.92 Å². The first-order chi connectivity index (χ1) is 14.0. The number of unbranched alkanes of at least 4 members (excludes halogenated alkanes) is 1. The molecular weight excluding hydrogens is 372 g/mol. The van der Waals surface area contributed by atoms with E-state index in [1.54, 1.807) is 18.2 Å². The zero-order valence-corrected chi connectivity index (χ0v) is 17.2. The average molecular weight is 400 g/mol. The van der Waals surface area contributed by atoms with E-state index in [0.29, 0.717) is 42.7 Å². The minimum Gasteiger partial charge on any atom is -0.507 e. The second kappa shape index (κ2) is 11.0. The van der Waals surface area contributed by atoms with Gasteiger partial charge in [0.15, 0.2) is 11.5 Å². The molecule has 0 saturated heterocycles. The third kappa shape index (κ3) is 5.91. The molecule has 0 heterocycles. The fourth-order valence-corrected chi connectivity index (χ4v) is 2.78. The SMILES string of the molecule is C=C(CC)c1ccc(OCCCCOc2ccc(OC=O)cc2OC)c(C)c1O. The number of allylic oxidation sites excluding steroid dienone is 1. The predicted molar refractivity (Wildman–Crippen MR) is 112 cm³/mol. The maximum atomic E-state index is 10.4. The maximum Gasteiger partial charge on any atom is 0.298 e. The summed E-state index contributed by atoms with van der Waals surface area (Å²) < 4.78 is 21.6. The van der Waals surface area contributed by atoms with E-state index >= 15 is 0 Å². The number of aromatic hydroxyl groups is 1. The van der Waals surface area contributed by atoms with E-state index in [9.17, 15) is 9.90 Å². The van der Waals surface area contributed by atoms with E-state index in [2.05, 4.69) is 6.58 Å². The van der Waals surface area contributed by atoms with Crippen molar-refractivity contribution >= 4 is 12.0 Å². The quantitative estimate of drug-likeness (QED) is 0.403. The van der Waals surface area contributed by atoms with Crippen LogP contribution in [0.3, 0.4) is 0 Å². The van der Waals surface area contributed by atoms with Gasteiger partial charge in [-0.2, -0.15) is 0 Å². The van der Waals surface area contributed by atoms with Crippen LogP contribution in [0.2, 0.25) is 0 Å². The first-order valence-electron chi connectivity index (χ1n) is 9.56. The lowest BCUT2D eigenvalue weighted by atomic mass is 10.0. The van der Waals surface area contributed by atoms with Crippen LogP contribution in [0.1, 0.15) is 37.3 Å². The molecule has 2 aromatic rings. The first kappa shape index (κ1) is 22.1. The molecule has 6 nitrogen and oxygen atoms in total. The number of carbonyl (C=O) groups excluding carboxylic acids is 1. The normalized spacial score (nSPS) is 10.3. The summed E-state index contributed by atoms with van der Waals surface area (Å²) in [5.41, 5.74) is 2.38. The van der Waals surface area contributed by atoms with Gasteiger partial charge in [-0.25, -0.2) is 0 Å². The fraction of sp³-hybridized carbons (Fsp3) is 0.348. The van der Waals surface area contributed by atoms with Gasteiger partial charge in [0, 0.05) is 17.2 Å². The van der Waals surface area contributed by atoms with Crippen molar-refractivity contribution in [1.29, 1.82) is 0 Å². The molecule has 0 aliphatic heterocycles. The highest BCUT2D eigenvalue weighted by Gasteiger charge is 2.11. The van der Waals surface area contributed by atoms with E-state index in [1.165, 1.54) is 7.11 Å². The number of methoxy groups -OCH3 is 1. The van der Waals surface area contributed by atoms with Crippen LogP contribution < -0.4 is 18.9 Å². The molecule has 156 valence electrons. The van der Waals surface area contributed by atoms with Crippen molar-refractivity contribution < 1.29 is 28.8 Å². The number of ether oxygens (including phenoxy) is 4. The molecule has 1 N–H and O–H groups in total. The number of rotatable bonds is 12. The summed E-state index contributed by atoms with van der Waals surface area (Å²) in [6, 6.07) is 8.65. The third-order valence-corrected chi connectivity index (χ3v) is 4.56. The summed E-state index contributed by atoms with van der Waals surface area (Å²) in [7, 11) is 1.53. The molecule has 6 heteroatoms. The lowest BCUT2D eigenvalue weighted by Crippen LogP contribution is -2.04. The minimum absolute atomic E-state index is 0.229. The Labute approximate surface area is 171 Å². The molecule has 0 unspecified atom stereocenters. The average Bonchev–Trinajstić information content (AvgIpc) is 2.73. The van der Waals surface area contributed by atoms with Gasteiger partial charge in [-0.05, 0) is 56.0 Å². The summed E-state index contributed by atoms with van der Waals surface area (Å²) in [5.74, 6) is 2.37. The highest BCUT2D eigenvalue weighted by Crippen LogP contribution is 2.35. The van der Waals surface area contributed by atoms with Crippen molar-refractivity contribution in [2.45, 2.75) is 33.1 Å². The van der Waals surface area contributed by atoms with Crippen molar-refractivity contribution in [3.05, 3.63) is 48.0 Å². The predicted octanol–water partition coefficient (Wildman–Crippen LogP) is 4.91. The molecule has 2 rings (SSSR count). The van der Waals surface area contributed by atoms with Crippen LogP contribution in [0.25, 0.3) is 5.57 Å². The molecule has 0 aromatic heterocycles. The molecule has 29 heavy (non-hydrogen) atoms. The zero-order valence-electron chi connectivity index (χ0n) is 17.2. The van der Waals surface area contributed by atoms with Gasteiger partial charge >= 0.3 is 0 Å². The van der Waals surface area contributed by atoms with E-state index < -0.39 is 0 Å². The molecule has 0 aliphatic carbocycles. The standard InChI is InChI=1S/C23H28O6/c1-5-16(2)19-9-11-20(17(3)23(19)25)27-12-6-7-13-28-21-10-8-18(29-15-24)14-22(21)26-4/h8-11,14-15,25H,2,5-7,12-13H2,1,3-4H3.